The quantitative estimate of drug-likeness (QED) is 0.578. The van der Waals surface area contributed by atoms with E-state index in [2.05, 4.69) is 10.3 Å². The first-order valence-corrected chi connectivity index (χ1v) is 13.2. The number of halogens is 2. The summed E-state index contributed by atoms with van der Waals surface area (Å²) in [6, 6.07) is 10.1. The molecule has 8 heteroatoms. The molecule has 1 aromatic carbocycles. The number of sulfone groups is 1. The minimum Gasteiger partial charge on any atom is -0.310 e. The maximum Gasteiger partial charge on any atom is 0.233 e. The number of carbonyl (C=O) groups is 1. The molecule has 5 nitrogen and oxygen atoms in total. The van der Waals surface area contributed by atoms with Gasteiger partial charge in [0.2, 0.25) is 5.91 Å². The minimum absolute atomic E-state index is 0.0907. The molecule has 3 aliphatic rings. The molecule has 0 radical (unpaired) electrons. The van der Waals surface area contributed by atoms with Gasteiger partial charge >= 0.3 is 0 Å². The molecule has 1 amide bonds. The van der Waals surface area contributed by atoms with Gasteiger partial charge in [0.05, 0.1) is 16.1 Å². The van der Waals surface area contributed by atoms with Gasteiger partial charge in [0.25, 0.3) is 0 Å². The van der Waals surface area contributed by atoms with Gasteiger partial charge in [-0.3, -0.25) is 4.79 Å². The molecule has 0 saturated heterocycles. The summed E-state index contributed by atoms with van der Waals surface area (Å²) < 4.78 is 52.6. The number of nitrogens with zero attached hydrogens (tertiary/aromatic N) is 1. The fraction of sp³-hybridized carbons (Fsp3) is 0.520. The van der Waals surface area contributed by atoms with Crippen molar-refractivity contribution >= 4 is 21.6 Å². The van der Waals surface area contributed by atoms with Gasteiger partial charge in [0.1, 0.15) is 18.2 Å². The predicted octanol–water partition coefficient (Wildman–Crippen LogP) is 5.09. The third kappa shape index (κ3) is 4.95. The summed E-state index contributed by atoms with van der Waals surface area (Å²) in [5.41, 5.74) is 1.79. The molecular weight excluding hydrogens is 446 g/mol. The number of aromatic nitrogens is 1. The van der Waals surface area contributed by atoms with Crippen molar-refractivity contribution in [2.45, 2.75) is 79.3 Å². The highest BCUT2D eigenvalue weighted by Gasteiger charge is 2.38. The van der Waals surface area contributed by atoms with Crippen LogP contribution in [0.25, 0.3) is 0 Å². The van der Waals surface area contributed by atoms with Crippen LogP contribution in [0.3, 0.4) is 0 Å². The van der Waals surface area contributed by atoms with Crippen LogP contribution in [-0.2, 0) is 14.6 Å². The van der Waals surface area contributed by atoms with Crippen molar-refractivity contribution in [2.24, 2.45) is 5.92 Å². The Labute approximate surface area is 192 Å². The number of rotatable bonds is 8. The lowest BCUT2D eigenvalue weighted by Crippen LogP contribution is -2.24. The molecule has 1 heterocycles. The molecule has 3 aliphatic carbocycles. The maximum absolute atomic E-state index is 13.8. The van der Waals surface area contributed by atoms with Crippen LogP contribution in [0.5, 0.6) is 0 Å². The molecule has 3 saturated carbocycles. The van der Waals surface area contributed by atoms with E-state index in [1.807, 2.05) is 6.07 Å². The molecule has 4 atom stereocenters. The second-order valence-electron chi connectivity index (χ2n) is 9.71. The molecule has 33 heavy (non-hydrogen) atoms. The van der Waals surface area contributed by atoms with Crippen molar-refractivity contribution in [3.63, 3.8) is 0 Å². The standard InChI is InChI=1S/C25H28F2N2O3S/c26-22-12-15(13-23(22)27)11-21(17-3-6-19(7-4-17)33(31,32)20-8-9-20)25(30)29-24-10-5-18(14-28-24)16-1-2-16/h3-7,10,14-16,20-23H,1-2,8-9,11-13H2,(H,28,29,30)/t15?,21-,22-,23+/m1/s1. The Morgan fingerprint density at radius 1 is 1.00 bits per heavy atom. The number of hydrogen-bond donors (Lipinski definition) is 1. The second kappa shape index (κ2) is 8.78. The average molecular weight is 475 g/mol. The van der Waals surface area contributed by atoms with Gasteiger partial charge in [-0.1, -0.05) is 18.2 Å². The van der Waals surface area contributed by atoms with Crippen LogP contribution in [-0.4, -0.2) is 36.9 Å². The first kappa shape index (κ1) is 22.4. The fourth-order valence-electron chi connectivity index (χ4n) is 4.76. The summed E-state index contributed by atoms with van der Waals surface area (Å²) in [5, 5.41) is 2.53. The topological polar surface area (TPSA) is 76.1 Å². The van der Waals surface area contributed by atoms with Gasteiger partial charge in [0.15, 0.2) is 9.84 Å². The van der Waals surface area contributed by atoms with Crippen LogP contribution < -0.4 is 5.32 Å². The summed E-state index contributed by atoms with van der Waals surface area (Å²) in [6.45, 7) is 0. The van der Waals surface area contributed by atoms with Crippen molar-refractivity contribution in [3.05, 3.63) is 53.7 Å². The maximum atomic E-state index is 13.8. The summed E-state index contributed by atoms with van der Waals surface area (Å²) in [5.74, 6) is -0.233. The highest BCUT2D eigenvalue weighted by Crippen LogP contribution is 2.40. The second-order valence-corrected chi connectivity index (χ2v) is 11.9. The highest BCUT2D eigenvalue weighted by molar-refractivity contribution is 7.92. The van der Waals surface area contributed by atoms with E-state index in [1.165, 1.54) is 12.1 Å². The van der Waals surface area contributed by atoms with Gasteiger partial charge in [-0.25, -0.2) is 22.2 Å². The number of hydrogen-bond acceptors (Lipinski definition) is 4. The van der Waals surface area contributed by atoms with E-state index < -0.39 is 28.1 Å². The smallest absolute Gasteiger partial charge is 0.233 e. The minimum atomic E-state index is -3.33. The lowest BCUT2D eigenvalue weighted by molar-refractivity contribution is -0.118. The van der Waals surface area contributed by atoms with E-state index in [-0.39, 0.29) is 34.8 Å². The SMILES string of the molecule is O=C(Nc1ccc(C2CC2)cn1)[C@H](CC1C[C@@H](F)[C@@H](F)C1)c1ccc(S(=O)(=O)C2CC2)cc1. The summed E-state index contributed by atoms with van der Waals surface area (Å²) >= 11 is 0. The molecular formula is C25H28F2N2O3S. The first-order chi connectivity index (χ1) is 15.8. The largest absolute Gasteiger partial charge is 0.310 e. The van der Waals surface area contributed by atoms with E-state index in [9.17, 15) is 22.0 Å². The van der Waals surface area contributed by atoms with E-state index >= 15 is 0 Å². The van der Waals surface area contributed by atoms with Gasteiger partial charge in [-0.05, 0) is 86.1 Å². The van der Waals surface area contributed by atoms with Crippen LogP contribution in [0.1, 0.15) is 67.9 Å². The fourth-order valence-corrected chi connectivity index (χ4v) is 6.42. The number of pyridine rings is 1. The number of amides is 1. The molecule has 3 fully saturated rings. The third-order valence-corrected chi connectivity index (χ3v) is 9.33. The molecule has 1 unspecified atom stereocenters. The van der Waals surface area contributed by atoms with E-state index in [1.54, 1.807) is 24.4 Å². The van der Waals surface area contributed by atoms with E-state index in [4.69, 9.17) is 0 Å². The molecule has 5 rings (SSSR count). The molecule has 0 bridgehead atoms. The zero-order valence-corrected chi connectivity index (χ0v) is 19.1. The molecule has 0 spiro atoms. The van der Waals surface area contributed by atoms with Gasteiger partial charge in [0, 0.05) is 6.20 Å². The van der Waals surface area contributed by atoms with Crippen molar-refractivity contribution < 1.29 is 22.0 Å². The Balaban J connectivity index is 1.35. The Kier molecular flexibility index (Phi) is 5.97. The molecule has 2 aromatic rings. The number of nitrogens with one attached hydrogen (secondary N) is 1. The summed E-state index contributed by atoms with van der Waals surface area (Å²) in [7, 11) is -3.33. The van der Waals surface area contributed by atoms with Crippen molar-refractivity contribution in [2.75, 3.05) is 5.32 Å². The van der Waals surface area contributed by atoms with Crippen LogP contribution in [0.4, 0.5) is 14.6 Å². The molecule has 1 aromatic heterocycles. The number of alkyl halides is 2. The predicted molar refractivity (Wildman–Crippen MR) is 121 cm³/mol. The number of carbonyl (C=O) groups excluding carboxylic acids is 1. The lowest BCUT2D eigenvalue weighted by atomic mass is 9.87. The van der Waals surface area contributed by atoms with Crippen molar-refractivity contribution in [3.8, 4) is 0 Å². The monoisotopic (exact) mass is 474 g/mol. The first-order valence-electron chi connectivity index (χ1n) is 11.7. The van der Waals surface area contributed by atoms with Crippen LogP contribution >= 0.6 is 0 Å². The van der Waals surface area contributed by atoms with Crippen LogP contribution in [0.2, 0.25) is 0 Å². The normalized spacial score (nSPS) is 26.2. The summed E-state index contributed by atoms with van der Waals surface area (Å²) in [4.78, 5) is 17.8. The van der Waals surface area contributed by atoms with Gasteiger partial charge in [-0.2, -0.15) is 0 Å². The van der Waals surface area contributed by atoms with Gasteiger partial charge in [-0.15, -0.1) is 0 Å². The Bertz CT molecular complexity index is 1100. The average Bonchev–Trinajstić information content (AvgIpc) is 3.70. The lowest BCUT2D eigenvalue weighted by Gasteiger charge is -2.21. The number of benzene rings is 1. The Morgan fingerprint density at radius 2 is 1.67 bits per heavy atom. The van der Waals surface area contributed by atoms with Crippen LogP contribution in [0.15, 0.2) is 47.5 Å². The zero-order valence-electron chi connectivity index (χ0n) is 18.3. The molecule has 0 aliphatic heterocycles. The number of anilines is 1. The highest BCUT2D eigenvalue weighted by atomic mass is 32.2. The Morgan fingerprint density at radius 3 is 2.21 bits per heavy atom. The van der Waals surface area contributed by atoms with E-state index in [0.717, 1.165) is 18.4 Å². The van der Waals surface area contributed by atoms with E-state index in [0.29, 0.717) is 36.6 Å². The Hall–Kier alpha value is -2.35. The van der Waals surface area contributed by atoms with Crippen LogP contribution in [0, 0.1) is 5.92 Å². The van der Waals surface area contributed by atoms with Crippen molar-refractivity contribution in [1.29, 1.82) is 0 Å². The molecule has 1 N–H and O–H groups in total. The van der Waals surface area contributed by atoms with Crippen molar-refractivity contribution in [1.82, 2.24) is 4.98 Å². The summed E-state index contributed by atoms with van der Waals surface area (Å²) in [6.07, 6.45) is 2.93. The van der Waals surface area contributed by atoms with Gasteiger partial charge < -0.3 is 5.32 Å². The third-order valence-electron chi connectivity index (χ3n) is 7.06. The zero-order chi connectivity index (χ0) is 23.2. The molecule has 176 valence electrons.